The van der Waals surface area contributed by atoms with Crippen LogP contribution in [0.2, 0.25) is 0 Å². The minimum atomic E-state index is 0.0603. The fraction of sp³-hybridized carbons (Fsp3) is 0.727. The number of hydrogen-bond acceptors (Lipinski definition) is 4. The molecule has 0 aromatic heterocycles. The molecule has 0 aliphatic carbocycles. The third kappa shape index (κ3) is 3.13. The smallest absolute Gasteiger partial charge is 0.174 e. The quantitative estimate of drug-likeness (QED) is 0.784. The Bertz CT molecular complexity index is 613. The maximum Gasteiger partial charge on any atom is 0.174 e. The first-order valence-electron chi connectivity index (χ1n) is 11.2. The third-order valence-electron chi connectivity index (χ3n) is 6.91. The maximum atomic E-state index is 16.3. The summed E-state index contributed by atoms with van der Waals surface area (Å²) in [6, 6.07) is 2.36. The molecule has 0 atom stereocenters. The highest BCUT2D eigenvalue weighted by Crippen LogP contribution is 2.47. The van der Waals surface area contributed by atoms with E-state index >= 15 is 4.39 Å². The van der Waals surface area contributed by atoms with Crippen LogP contribution in [0.25, 0.3) is 0 Å². The Hall–Kier alpha value is -1.65. The number of hydrogen-bond donors (Lipinski definition) is 0. The van der Waals surface area contributed by atoms with Crippen LogP contribution in [-0.2, 0) is 0 Å². The second kappa shape index (κ2) is 7.40. The van der Waals surface area contributed by atoms with Crippen molar-refractivity contribution in [3.63, 3.8) is 0 Å². The molecule has 148 valence electrons. The van der Waals surface area contributed by atoms with Gasteiger partial charge in [-0.2, -0.15) is 0 Å². The van der Waals surface area contributed by atoms with Crippen molar-refractivity contribution in [2.45, 2.75) is 51.4 Å². The largest absolute Gasteiger partial charge is 0.370 e. The van der Waals surface area contributed by atoms with Gasteiger partial charge in [-0.05, 0) is 57.4 Å². The summed E-state index contributed by atoms with van der Waals surface area (Å²) in [6.45, 7) is 8.29. The van der Waals surface area contributed by atoms with Gasteiger partial charge in [0.25, 0.3) is 0 Å². The number of nitrogens with zero attached hydrogens (tertiary/aromatic N) is 4. The van der Waals surface area contributed by atoms with Crippen LogP contribution in [0.1, 0.15) is 51.4 Å². The van der Waals surface area contributed by atoms with Crippen LogP contribution in [0, 0.1) is 5.82 Å². The Morgan fingerprint density at radius 2 is 0.778 bits per heavy atom. The topological polar surface area (TPSA) is 13.0 Å². The van der Waals surface area contributed by atoms with Gasteiger partial charge in [0.05, 0.1) is 22.7 Å². The molecule has 4 nitrogen and oxygen atoms in total. The van der Waals surface area contributed by atoms with Crippen molar-refractivity contribution in [3.05, 3.63) is 11.9 Å². The Balaban J connectivity index is 1.66. The van der Waals surface area contributed by atoms with Crippen LogP contribution in [0.5, 0.6) is 0 Å². The van der Waals surface area contributed by atoms with Gasteiger partial charge in [-0.3, -0.25) is 0 Å². The van der Waals surface area contributed by atoms with E-state index in [1.54, 1.807) is 0 Å². The molecule has 4 saturated heterocycles. The Kier molecular flexibility index (Phi) is 4.78. The first-order valence-corrected chi connectivity index (χ1v) is 11.2. The van der Waals surface area contributed by atoms with E-state index in [2.05, 4.69) is 25.7 Å². The Labute approximate surface area is 162 Å². The Morgan fingerprint density at radius 1 is 0.481 bits per heavy atom. The van der Waals surface area contributed by atoms with Gasteiger partial charge in [-0.15, -0.1) is 0 Å². The van der Waals surface area contributed by atoms with Gasteiger partial charge in [0.15, 0.2) is 5.82 Å². The van der Waals surface area contributed by atoms with Crippen LogP contribution in [0.3, 0.4) is 0 Å². The van der Waals surface area contributed by atoms with E-state index in [0.29, 0.717) is 0 Å². The maximum absolute atomic E-state index is 16.3. The van der Waals surface area contributed by atoms with E-state index in [0.717, 1.165) is 75.1 Å². The normalized spacial score (nSPS) is 23.3. The molecule has 5 rings (SSSR count). The van der Waals surface area contributed by atoms with Crippen molar-refractivity contribution < 1.29 is 4.39 Å². The molecule has 4 fully saturated rings. The fourth-order valence-corrected chi connectivity index (χ4v) is 5.48. The SMILES string of the molecule is Fc1c(N2CCCC2)c(N2CCCC2)cc(N2CCCC2)c1N1CCCC1. The number of benzene rings is 1. The van der Waals surface area contributed by atoms with Crippen molar-refractivity contribution in [2.75, 3.05) is 72.0 Å². The van der Waals surface area contributed by atoms with Crippen molar-refractivity contribution in [1.82, 2.24) is 0 Å². The minimum Gasteiger partial charge on any atom is -0.370 e. The second-order valence-corrected chi connectivity index (χ2v) is 8.70. The lowest BCUT2D eigenvalue weighted by molar-refractivity contribution is 0.617. The molecule has 0 N–H and O–H groups in total. The summed E-state index contributed by atoms with van der Waals surface area (Å²) in [4.78, 5) is 9.56. The van der Waals surface area contributed by atoms with E-state index in [4.69, 9.17) is 0 Å². The zero-order chi connectivity index (χ0) is 18.2. The average Bonchev–Trinajstić information content (AvgIpc) is 3.50. The highest BCUT2D eigenvalue weighted by Gasteiger charge is 2.33. The number of halogens is 1. The van der Waals surface area contributed by atoms with Gasteiger partial charge in [0.2, 0.25) is 0 Å². The lowest BCUT2D eigenvalue weighted by Crippen LogP contribution is -2.30. The van der Waals surface area contributed by atoms with Gasteiger partial charge in [0, 0.05) is 52.4 Å². The van der Waals surface area contributed by atoms with Crippen molar-refractivity contribution in [1.29, 1.82) is 0 Å². The molecule has 1 aromatic carbocycles. The van der Waals surface area contributed by atoms with Gasteiger partial charge in [-0.1, -0.05) is 0 Å². The second-order valence-electron chi connectivity index (χ2n) is 8.70. The van der Waals surface area contributed by atoms with Crippen LogP contribution in [0.15, 0.2) is 6.07 Å². The number of anilines is 4. The van der Waals surface area contributed by atoms with E-state index in [1.165, 1.54) is 51.4 Å². The standard InChI is InChI=1S/C22H33FN4/c23-20-21(26-13-5-6-14-26)18(24-9-1-2-10-24)17-19(25-11-3-4-12-25)22(20)27-15-7-8-16-27/h17H,1-16H2. The van der Waals surface area contributed by atoms with Crippen molar-refractivity contribution in [3.8, 4) is 0 Å². The molecule has 0 bridgehead atoms. The van der Waals surface area contributed by atoms with Crippen molar-refractivity contribution >= 4 is 22.7 Å². The molecule has 0 saturated carbocycles. The summed E-state index contributed by atoms with van der Waals surface area (Å²) in [7, 11) is 0. The van der Waals surface area contributed by atoms with Crippen LogP contribution < -0.4 is 19.6 Å². The van der Waals surface area contributed by atoms with Crippen LogP contribution >= 0.6 is 0 Å². The minimum absolute atomic E-state index is 0.0603. The van der Waals surface area contributed by atoms with Crippen molar-refractivity contribution in [2.24, 2.45) is 0 Å². The summed E-state index contributed by atoms with van der Waals surface area (Å²) in [6.07, 6.45) is 9.67. The average molecular weight is 373 g/mol. The highest BCUT2D eigenvalue weighted by atomic mass is 19.1. The van der Waals surface area contributed by atoms with E-state index < -0.39 is 0 Å². The lowest BCUT2D eigenvalue weighted by Gasteiger charge is -2.34. The first kappa shape index (κ1) is 17.4. The fourth-order valence-electron chi connectivity index (χ4n) is 5.48. The van der Waals surface area contributed by atoms with E-state index in [1.807, 2.05) is 0 Å². The summed E-state index contributed by atoms with van der Waals surface area (Å²) >= 11 is 0. The molecule has 0 unspecified atom stereocenters. The predicted octanol–water partition coefficient (Wildman–Crippen LogP) is 4.23. The molecule has 0 amide bonds. The zero-order valence-corrected chi connectivity index (χ0v) is 16.6. The molecule has 5 heteroatoms. The molecule has 1 aromatic rings. The van der Waals surface area contributed by atoms with Crippen LogP contribution in [0.4, 0.5) is 27.1 Å². The highest BCUT2D eigenvalue weighted by molar-refractivity contribution is 5.87. The molecular weight excluding hydrogens is 339 g/mol. The molecule has 4 heterocycles. The van der Waals surface area contributed by atoms with Gasteiger partial charge < -0.3 is 19.6 Å². The molecule has 0 radical (unpaired) electrons. The Morgan fingerprint density at radius 3 is 1.11 bits per heavy atom. The van der Waals surface area contributed by atoms with Gasteiger partial charge >= 0.3 is 0 Å². The molecular formula is C22H33FN4. The summed E-state index contributed by atoms with van der Waals surface area (Å²) in [5.41, 5.74) is 4.13. The first-order chi connectivity index (χ1) is 13.3. The summed E-state index contributed by atoms with van der Waals surface area (Å²) in [5.74, 6) is 0.0603. The zero-order valence-electron chi connectivity index (χ0n) is 16.6. The summed E-state index contributed by atoms with van der Waals surface area (Å²) < 4.78 is 16.3. The monoisotopic (exact) mass is 372 g/mol. The third-order valence-corrected chi connectivity index (χ3v) is 6.91. The molecule has 27 heavy (non-hydrogen) atoms. The summed E-state index contributed by atoms with van der Waals surface area (Å²) in [5, 5.41) is 0. The molecule has 4 aliphatic rings. The van der Waals surface area contributed by atoms with E-state index in [9.17, 15) is 0 Å². The van der Waals surface area contributed by atoms with Crippen LogP contribution in [-0.4, -0.2) is 52.4 Å². The lowest BCUT2D eigenvalue weighted by atomic mass is 10.1. The van der Waals surface area contributed by atoms with E-state index in [-0.39, 0.29) is 5.82 Å². The number of rotatable bonds is 4. The molecule has 0 spiro atoms. The molecule has 4 aliphatic heterocycles. The van der Waals surface area contributed by atoms with Gasteiger partial charge in [0.1, 0.15) is 0 Å². The predicted molar refractivity (Wildman–Crippen MR) is 112 cm³/mol. The van der Waals surface area contributed by atoms with Gasteiger partial charge in [-0.25, -0.2) is 4.39 Å².